The van der Waals surface area contributed by atoms with E-state index in [1.165, 1.54) is 6.07 Å². The molecule has 2 atom stereocenters. The van der Waals surface area contributed by atoms with Crippen molar-refractivity contribution < 1.29 is 18.3 Å². The van der Waals surface area contributed by atoms with Crippen molar-refractivity contribution >= 4 is 0 Å². The summed E-state index contributed by atoms with van der Waals surface area (Å²) in [4.78, 5) is 1.94. The van der Waals surface area contributed by atoms with Crippen LogP contribution in [-0.2, 0) is 6.18 Å². The number of aromatic hydroxyl groups is 1. The summed E-state index contributed by atoms with van der Waals surface area (Å²) < 4.78 is 38.3. The molecule has 3 nitrogen and oxygen atoms in total. The Balaban J connectivity index is 2.36. The van der Waals surface area contributed by atoms with Gasteiger partial charge in [-0.1, -0.05) is 12.1 Å². The molecular formula is C13H17F3N2O. The molecule has 1 aromatic rings. The lowest BCUT2D eigenvalue weighted by molar-refractivity contribution is -0.138. The first-order valence-corrected chi connectivity index (χ1v) is 6.14. The largest absolute Gasteiger partial charge is 0.507 e. The molecule has 1 heterocycles. The second-order valence-electron chi connectivity index (χ2n) is 5.03. The molecule has 2 unspecified atom stereocenters. The number of phenolic OH excluding ortho intramolecular Hbond substituents is 1. The molecule has 0 bridgehead atoms. The molecule has 2 rings (SSSR count). The third kappa shape index (κ3) is 2.69. The monoisotopic (exact) mass is 274 g/mol. The smallest absolute Gasteiger partial charge is 0.419 e. The fraction of sp³-hybridized carbons (Fsp3) is 0.538. The van der Waals surface area contributed by atoms with Crippen LogP contribution in [0.4, 0.5) is 13.2 Å². The Labute approximate surface area is 109 Å². The first kappa shape index (κ1) is 14.1. The van der Waals surface area contributed by atoms with Gasteiger partial charge in [0, 0.05) is 18.2 Å². The normalized spacial score (nSPS) is 24.9. The van der Waals surface area contributed by atoms with Crippen LogP contribution >= 0.6 is 0 Å². The van der Waals surface area contributed by atoms with Gasteiger partial charge in [0.25, 0.3) is 0 Å². The number of hydrogen-bond acceptors (Lipinski definition) is 3. The molecule has 0 radical (unpaired) electrons. The van der Waals surface area contributed by atoms with Crippen LogP contribution in [0.25, 0.3) is 0 Å². The second-order valence-corrected chi connectivity index (χ2v) is 5.03. The van der Waals surface area contributed by atoms with Crippen molar-refractivity contribution in [3.8, 4) is 5.75 Å². The fourth-order valence-electron chi connectivity index (χ4n) is 2.70. The van der Waals surface area contributed by atoms with Gasteiger partial charge in [0.15, 0.2) is 0 Å². The summed E-state index contributed by atoms with van der Waals surface area (Å²) in [7, 11) is 1.83. The average Bonchev–Trinajstić information content (AvgIpc) is 2.69. The second kappa shape index (κ2) is 5.02. The summed E-state index contributed by atoms with van der Waals surface area (Å²) in [5.74, 6) is -0.409. The van der Waals surface area contributed by atoms with Gasteiger partial charge in [0.2, 0.25) is 0 Å². The molecule has 0 aliphatic carbocycles. The molecule has 6 heteroatoms. The highest BCUT2D eigenvalue weighted by atomic mass is 19.4. The Morgan fingerprint density at radius 1 is 1.42 bits per heavy atom. The van der Waals surface area contributed by atoms with Crippen LogP contribution in [0.3, 0.4) is 0 Å². The number of nitrogens with two attached hydrogens (primary N) is 1. The quantitative estimate of drug-likeness (QED) is 0.870. The minimum atomic E-state index is -4.54. The van der Waals surface area contributed by atoms with Crippen LogP contribution in [0, 0.1) is 5.92 Å². The first-order chi connectivity index (χ1) is 8.84. The highest BCUT2D eigenvalue weighted by Crippen LogP contribution is 2.43. The van der Waals surface area contributed by atoms with E-state index in [1.54, 1.807) is 6.07 Å². The highest BCUT2D eigenvalue weighted by molar-refractivity contribution is 5.44. The fourth-order valence-corrected chi connectivity index (χ4v) is 2.70. The number of phenols is 1. The molecule has 1 aromatic carbocycles. The van der Waals surface area contributed by atoms with E-state index in [1.807, 2.05) is 11.9 Å². The zero-order chi connectivity index (χ0) is 14.2. The number of likely N-dealkylation sites (tertiary alicyclic amines) is 1. The highest BCUT2D eigenvalue weighted by Gasteiger charge is 2.37. The first-order valence-electron chi connectivity index (χ1n) is 6.14. The number of halogens is 3. The third-order valence-electron chi connectivity index (χ3n) is 3.70. The van der Waals surface area contributed by atoms with Crippen molar-refractivity contribution in [3.63, 3.8) is 0 Å². The number of nitrogens with zero attached hydrogens (tertiary/aromatic N) is 1. The topological polar surface area (TPSA) is 49.5 Å². The Bertz CT molecular complexity index is 462. The summed E-state index contributed by atoms with van der Waals surface area (Å²) in [5.41, 5.74) is 4.95. The van der Waals surface area contributed by atoms with Gasteiger partial charge in [-0.2, -0.15) is 13.2 Å². The van der Waals surface area contributed by atoms with Crippen LogP contribution in [0.5, 0.6) is 5.75 Å². The molecule has 0 spiro atoms. The van der Waals surface area contributed by atoms with E-state index in [2.05, 4.69) is 0 Å². The van der Waals surface area contributed by atoms with Gasteiger partial charge in [0.1, 0.15) is 5.75 Å². The van der Waals surface area contributed by atoms with E-state index >= 15 is 0 Å². The molecule has 1 fully saturated rings. The molecule has 106 valence electrons. The Hall–Kier alpha value is -1.27. The molecule has 0 saturated carbocycles. The van der Waals surface area contributed by atoms with Crippen molar-refractivity contribution in [2.75, 3.05) is 20.1 Å². The lowest BCUT2D eigenvalue weighted by Gasteiger charge is -2.22. The van der Waals surface area contributed by atoms with Crippen LogP contribution in [0.15, 0.2) is 18.2 Å². The third-order valence-corrected chi connectivity index (χ3v) is 3.70. The lowest BCUT2D eigenvalue weighted by Crippen LogP contribution is -2.21. The number of hydrogen-bond donors (Lipinski definition) is 2. The van der Waals surface area contributed by atoms with Crippen molar-refractivity contribution in [3.05, 3.63) is 29.3 Å². The molecule has 1 saturated heterocycles. The molecule has 1 aliphatic heterocycles. The van der Waals surface area contributed by atoms with Gasteiger partial charge in [-0.25, -0.2) is 0 Å². The summed E-state index contributed by atoms with van der Waals surface area (Å²) in [5, 5.41) is 9.88. The van der Waals surface area contributed by atoms with Crippen molar-refractivity contribution in [1.82, 2.24) is 4.90 Å². The summed E-state index contributed by atoms with van der Waals surface area (Å²) >= 11 is 0. The van der Waals surface area contributed by atoms with Gasteiger partial charge >= 0.3 is 6.18 Å². The molecule has 3 N–H and O–H groups in total. The van der Waals surface area contributed by atoms with Crippen LogP contribution in [0.1, 0.15) is 23.6 Å². The van der Waals surface area contributed by atoms with Gasteiger partial charge in [-0.15, -0.1) is 0 Å². The van der Waals surface area contributed by atoms with E-state index in [4.69, 9.17) is 5.73 Å². The Morgan fingerprint density at radius 3 is 2.63 bits per heavy atom. The number of para-hydroxylation sites is 1. The molecular weight excluding hydrogens is 257 g/mol. The predicted molar refractivity (Wildman–Crippen MR) is 65.6 cm³/mol. The van der Waals surface area contributed by atoms with E-state index in [0.29, 0.717) is 18.5 Å². The van der Waals surface area contributed by atoms with Crippen LogP contribution < -0.4 is 5.73 Å². The minimum Gasteiger partial charge on any atom is -0.507 e. The number of alkyl halides is 3. The maximum Gasteiger partial charge on any atom is 0.419 e. The van der Waals surface area contributed by atoms with Crippen molar-refractivity contribution in [2.24, 2.45) is 11.7 Å². The van der Waals surface area contributed by atoms with Gasteiger partial charge in [0.05, 0.1) is 5.56 Å². The van der Waals surface area contributed by atoms with E-state index < -0.39 is 17.5 Å². The Morgan fingerprint density at radius 2 is 2.11 bits per heavy atom. The maximum atomic E-state index is 12.8. The zero-order valence-electron chi connectivity index (χ0n) is 10.6. The zero-order valence-corrected chi connectivity index (χ0v) is 10.6. The number of benzene rings is 1. The summed E-state index contributed by atoms with van der Waals surface area (Å²) in [6.45, 7) is 1.23. The van der Waals surface area contributed by atoms with E-state index in [0.717, 1.165) is 12.6 Å². The lowest BCUT2D eigenvalue weighted by atomic mass is 9.97. The average molecular weight is 274 g/mol. The number of rotatable bonds is 2. The summed E-state index contributed by atoms with van der Waals surface area (Å²) in [6, 6.07) is 3.57. The molecule has 1 aliphatic rings. The SMILES string of the molecule is CN1CC(CN)CC1c1cccc(C(F)(F)F)c1O. The van der Waals surface area contributed by atoms with Crippen LogP contribution in [0.2, 0.25) is 0 Å². The molecule has 0 aromatic heterocycles. The summed E-state index contributed by atoms with van der Waals surface area (Å²) in [6.07, 6.45) is -3.87. The van der Waals surface area contributed by atoms with E-state index in [9.17, 15) is 18.3 Å². The van der Waals surface area contributed by atoms with Gasteiger partial charge in [-0.05, 0) is 32.0 Å². The minimum absolute atomic E-state index is 0.212. The maximum absolute atomic E-state index is 12.8. The molecule has 0 amide bonds. The van der Waals surface area contributed by atoms with Gasteiger partial charge < -0.3 is 10.8 Å². The van der Waals surface area contributed by atoms with Crippen LogP contribution in [-0.4, -0.2) is 30.1 Å². The van der Waals surface area contributed by atoms with E-state index in [-0.39, 0.29) is 12.0 Å². The van der Waals surface area contributed by atoms with Crippen molar-refractivity contribution in [2.45, 2.75) is 18.6 Å². The predicted octanol–water partition coefficient (Wildman–Crippen LogP) is 2.36. The van der Waals surface area contributed by atoms with Crippen molar-refractivity contribution in [1.29, 1.82) is 0 Å². The molecule has 19 heavy (non-hydrogen) atoms. The van der Waals surface area contributed by atoms with Gasteiger partial charge in [-0.3, -0.25) is 4.90 Å². The standard InChI is InChI=1S/C13H17F3N2O/c1-18-7-8(6-17)5-11(18)9-3-2-4-10(12(9)19)13(14,15)16/h2-4,8,11,19H,5-7,17H2,1H3. The Kier molecular flexibility index (Phi) is 3.73.